The van der Waals surface area contributed by atoms with Crippen LogP contribution < -0.4 is 4.74 Å². The van der Waals surface area contributed by atoms with Gasteiger partial charge in [-0.25, -0.2) is 4.98 Å². The smallest absolute Gasteiger partial charge is 0.119 e. The van der Waals surface area contributed by atoms with Gasteiger partial charge in [-0.05, 0) is 58.7 Å². The fraction of sp³-hybridized carbons (Fsp3) is 0.200. The molecule has 0 aliphatic carbocycles. The van der Waals surface area contributed by atoms with Crippen LogP contribution in [0.1, 0.15) is 12.0 Å². The Balaban J connectivity index is 1.66. The van der Waals surface area contributed by atoms with E-state index in [1.807, 2.05) is 24.3 Å². The lowest BCUT2D eigenvalue weighted by Crippen LogP contribution is -1.98. The van der Waals surface area contributed by atoms with Gasteiger partial charge in [-0.2, -0.15) is 5.26 Å². The molecule has 20 heavy (non-hydrogen) atoms. The second-order valence-electron chi connectivity index (χ2n) is 4.00. The summed E-state index contributed by atoms with van der Waals surface area (Å²) in [7, 11) is 0. The quantitative estimate of drug-likeness (QED) is 0.577. The third kappa shape index (κ3) is 4.87. The molecule has 2 rings (SSSR count). The first kappa shape index (κ1) is 14.9. The van der Waals surface area contributed by atoms with Crippen LogP contribution in [0.3, 0.4) is 0 Å². The number of rotatable bonds is 6. The van der Waals surface area contributed by atoms with Crippen LogP contribution in [0.4, 0.5) is 0 Å². The molecule has 0 unspecified atom stereocenters. The minimum absolute atomic E-state index is 0.647. The Hall–Kier alpha value is -1.51. The van der Waals surface area contributed by atoms with E-state index < -0.39 is 0 Å². The molecule has 0 saturated heterocycles. The lowest BCUT2D eigenvalue weighted by Gasteiger charge is -2.05. The molecule has 0 fully saturated rings. The van der Waals surface area contributed by atoms with Crippen molar-refractivity contribution < 1.29 is 4.74 Å². The number of benzene rings is 1. The standard InChI is InChI=1S/C15H13BrN2OS/c16-13-4-7-15(18-11-13)20-9-1-8-19-14-5-2-12(10-17)3-6-14/h2-7,11H,1,8-9H2. The van der Waals surface area contributed by atoms with E-state index in [1.165, 1.54) is 0 Å². The van der Waals surface area contributed by atoms with Crippen molar-refractivity contribution in [3.8, 4) is 11.8 Å². The number of nitrogens with zero attached hydrogens (tertiary/aromatic N) is 2. The van der Waals surface area contributed by atoms with Gasteiger partial charge >= 0.3 is 0 Å². The Morgan fingerprint density at radius 1 is 1.20 bits per heavy atom. The van der Waals surface area contributed by atoms with E-state index in [9.17, 15) is 0 Å². The molecule has 0 N–H and O–H groups in total. The van der Waals surface area contributed by atoms with Gasteiger partial charge in [0.2, 0.25) is 0 Å². The number of halogens is 1. The molecule has 3 nitrogen and oxygen atoms in total. The second-order valence-corrected chi connectivity index (χ2v) is 6.03. The highest BCUT2D eigenvalue weighted by molar-refractivity contribution is 9.10. The third-order valence-electron chi connectivity index (χ3n) is 2.49. The molecule has 1 heterocycles. The summed E-state index contributed by atoms with van der Waals surface area (Å²) in [6.45, 7) is 0.662. The zero-order valence-corrected chi connectivity index (χ0v) is 13.2. The summed E-state index contributed by atoms with van der Waals surface area (Å²) in [5.74, 6) is 1.76. The SMILES string of the molecule is N#Cc1ccc(OCCCSc2ccc(Br)cn2)cc1. The summed E-state index contributed by atoms with van der Waals surface area (Å²) in [6, 6.07) is 13.2. The highest BCUT2D eigenvalue weighted by atomic mass is 79.9. The molecular formula is C15H13BrN2OS. The molecule has 0 radical (unpaired) electrons. The van der Waals surface area contributed by atoms with Crippen LogP contribution in [-0.4, -0.2) is 17.3 Å². The minimum atomic E-state index is 0.647. The molecule has 1 aromatic heterocycles. The average Bonchev–Trinajstić information content (AvgIpc) is 2.49. The van der Waals surface area contributed by atoms with Crippen LogP contribution in [0.25, 0.3) is 0 Å². The maximum atomic E-state index is 8.70. The predicted molar refractivity (Wildman–Crippen MR) is 83.9 cm³/mol. The van der Waals surface area contributed by atoms with Gasteiger partial charge in [-0.1, -0.05) is 0 Å². The zero-order valence-electron chi connectivity index (χ0n) is 10.8. The Morgan fingerprint density at radius 3 is 2.65 bits per heavy atom. The highest BCUT2D eigenvalue weighted by Gasteiger charge is 1.98. The Morgan fingerprint density at radius 2 is 2.00 bits per heavy atom. The number of hydrogen-bond donors (Lipinski definition) is 0. The predicted octanol–water partition coefficient (Wildman–Crippen LogP) is 4.28. The van der Waals surface area contributed by atoms with Crippen LogP contribution in [0, 0.1) is 11.3 Å². The molecule has 5 heteroatoms. The van der Waals surface area contributed by atoms with Crippen LogP contribution in [0.2, 0.25) is 0 Å². The molecule has 0 bridgehead atoms. The fourth-order valence-electron chi connectivity index (χ4n) is 1.50. The van der Waals surface area contributed by atoms with Crippen LogP contribution in [0.15, 0.2) is 52.1 Å². The van der Waals surface area contributed by atoms with E-state index in [0.29, 0.717) is 12.2 Å². The Bertz CT molecular complexity index is 578. The monoisotopic (exact) mass is 348 g/mol. The van der Waals surface area contributed by atoms with Crippen molar-refractivity contribution in [1.29, 1.82) is 5.26 Å². The van der Waals surface area contributed by atoms with Gasteiger partial charge in [0.1, 0.15) is 5.75 Å². The van der Waals surface area contributed by atoms with Gasteiger partial charge in [0.15, 0.2) is 0 Å². The number of nitriles is 1. The van der Waals surface area contributed by atoms with Crippen LogP contribution in [-0.2, 0) is 0 Å². The van der Waals surface area contributed by atoms with Gasteiger partial charge in [0.25, 0.3) is 0 Å². The highest BCUT2D eigenvalue weighted by Crippen LogP contribution is 2.18. The van der Waals surface area contributed by atoms with Crippen LogP contribution >= 0.6 is 27.7 Å². The molecule has 0 atom stereocenters. The maximum Gasteiger partial charge on any atom is 0.119 e. The third-order valence-corrected chi connectivity index (χ3v) is 3.99. The maximum absolute atomic E-state index is 8.70. The molecule has 0 aliphatic heterocycles. The molecule has 0 amide bonds. The van der Waals surface area contributed by atoms with E-state index in [2.05, 4.69) is 27.0 Å². The van der Waals surface area contributed by atoms with Crippen molar-refractivity contribution in [2.24, 2.45) is 0 Å². The van der Waals surface area contributed by atoms with Crippen molar-refractivity contribution in [3.63, 3.8) is 0 Å². The molecule has 2 aromatic rings. The van der Waals surface area contributed by atoms with Crippen molar-refractivity contribution in [1.82, 2.24) is 4.98 Å². The van der Waals surface area contributed by atoms with Gasteiger partial charge < -0.3 is 4.74 Å². The molecule has 102 valence electrons. The summed E-state index contributed by atoms with van der Waals surface area (Å²) < 4.78 is 6.60. The van der Waals surface area contributed by atoms with Crippen molar-refractivity contribution in [2.75, 3.05) is 12.4 Å². The van der Waals surface area contributed by atoms with E-state index >= 15 is 0 Å². The van der Waals surface area contributed by atoms with E-state index in [-0.39, 0.29) is 0 Å². The topological polar surface area (TPSA) is 45.9 Å². The van der Waals surface area contributed by atoms with Gasteiger partial charge in [-0.15, -0.1) is 11.8 Å². The van der Waals surface area contributed by atoms with E-state index in [0.717, 1.165) is 27.4 Å². The normalized spacial score (nSPS) is 10.0. The molecule has 1 aromatic carbocycles. The number of thioether (sulfide) groups is 1. The summed E-state index contributed by atoms with van der Waals surface area (Å²) >= 11 is 5.08. The van der Waals surface area contributed by atoms with Gasteiger partial charge in [0, 0.05) is 16.4 Å². The second kappa shape index (κ2) is 7.93. The average molecular weight is 349 g/mol. The summed E-state index contributed by atoms with van der Waals surface area (Å²) in [6.07, 6.45) is 2.75. The summed E-state index contributed by atoms with van der Waals surface area (Å²) in [4.78, 5) is 4.30. The number of aromatic nitrogens is 1. The van der Waals surface area contributed by atoms with Crippen LogP contribution in [0.5, 0.6) is 5.75 Å². The first-order chi connectivity index (χ1) is 9.78. The Kier molecular flexibility index (Phi) is 5.90. The minimum Gasteiger partial charge on any atom is -0.494 e. The lowest BCUT2D eigenvalue weighted by molar-refractivity contribution is 0.318. The largest absolute Gasteiger partial charge is 0.494 e. The number of ether oxygens (including phenoxy) is 1. The molecule has 0 saturated carbocycles. The molecule has 0 spiro atoms. The zero-order chi connectivity index (χ0) is 14.2. The first-order valence-electron chi connectivity index (χ1n) is 6.15. The van der Waals surface area contributed by atoms with Crippen molar-refractivity contribution in [2.45, 2.75) is 11.4 Å². The molecule has 0 aliphatic rings. The summed E-state index contributed by atoms with van der Waals surface area (Å²) in [5.41, 5.74) is 0.647. The number of hydrogen-bond acceptors (Lipinski definition) is 4. The van der Waals surface area contributed by atoms with Gasteiger partial charge in [0.05, 0.1) is 23.3 Å². The van der Waals surface area contributed by atoms with E-state index in [4.69, 9.17) is 10.00 Å². The molecular weight excluding hydrogens is 336 g/mol. The van der Waals surface area contributed by atoms with Crippen molar-refractivity contribution >= 4 is 27.7 Å². The van der Waals surface area contributed by atoms with Gasteiger partial charge in [-0.3, -0.25) is 0 Å². The Labute approximate surface area is 131 Å². The van der Waals surface area contributed by atoms with Crippen molar-refractivity contribution in [3.05, 3.63) is 52.6 Å². The van der Waals surface area contributed by atoms with E-state index in [1.54, 1.807) is 30.1 Å². The summed E-state index contributed by atoms with van der Waals surface area (Å²) in [5, 5.41) is 9.72. The first-order valence-corrected chi connectivity index (χ1v) is 7.93. The number of pyridine rings is 1. The fourth-order valence-corrected chi connectivity index (χ4v) is 2.50. The lowest BCUT2D eigenvalue weighted by atomic mass is 10.2.